The first-order valence-corrected chi connectivity index (χ1v) is 11.1. The second kappa shape index (κ2) is 9.82. The minimum atomic E-state index is -3.41. The highest BCUT2D eigenvalue weighted by Crippen LogP contribution is 2.23. The first-order valence-electron chi connectivity index (χ1n) is 9.12. The number of sulfone groups is 1. The Balaban J connectivity index is 2.41. The van der Waals surface area contributed by atoms with Gasteiger partial charge in [-0.05, 0) is 48.7 Å². The van der Waals surface area contributed by atoms with Crippen molar-refractivity contribution in [1.82, 2.24) is 0 Å². The molecule has 1 N–H and O–H groups in total. The van der Waals surface area contributed by atoms with Gasteiger partial charge in [-0.1, -0.05) is 49.8 Å². The van der Waals surface area contributed by atoms with E-state index in [1.165, 1.54) is 0 Å². The van der Waals surface area contributed by atoms with Gasteiger partial charge in [0.2, 0.25) is 0 Å². The lowest BCUT2D eigenvalue weighted by Gasteiger charge is -2.10. The standard InChI is InChI=1S/C22H23ClO5S/c1-4-15(2)14-29(26,27)20-9-5-16(3)17(12-20)6-7-18-11-19(23)8-10-21(18)28-13-22(24)25/h5,8-12,15H,4,13-14H2,1-3H3,(H,24,25). The summed E-state index contributed by atoms with van der Waals surface area (Å²) in [6, 6.07) is 9.60. The minimum Gasteiger partial charge on any atom is -0.481 e. The van der Waals surface area contributed by atoms with Crippen LogP contribution in [0, 0.1) is 24.7 Å². The molecule has 0 aliphatic heterocycles. The summed E-state index contributed by atoms with van der Waals surface area (Å²) in [6.07, 6.45) is 0.783. The van der Waals surface area contributed by atoms with Gasteiger partial charge in [0, 0.05) is 10.6 Å². The summed E-state index contributed by atoms with van der Waals surface area (Å²) in [7, 11) is -3.41. The lowest BCUT2D eigenvalue weighted by atomic mass is 10.1. The van der Waals surface area contributed by atoms with Gasteiger partial charge in [0.05, 0.1) is 16.2 Å². The number of halogens is 1. The number of aliphatic carboxylic acids is 1. The van der Waals surface area contributed by atoms with Crippen molar-refractivity contribution in [3.63, 3.8) is 0 Å². The molecule has 29 heavy (non-hydrogen) atoms. The molecule has 0 aromatic heterocycles. The average molecular weight is 435 g/mol. The Hall–Kier alpha value is -2.49. The van der Waals surface area contributed by atoms with Crippen LogP contribution in [0.3, 0.4) is 0 Å². The summed E-state index contributed by atoms with van der Waals surface area (Å²) in [5.41, 5.74) is 1.82. The molecular formula is C22H23ClO5S. The Kier molecular flexibility index (Phi) is 7.72. The van der Waals surface area contributed by atoms with E-state index in [0.29, 0.717) is 21.9 Å². The van der Waals surface area contributed by atoms with Crippen molar-refractivity contribution in [3.8, 4) is 17.6 Å². The molecule has 0 saturated heterocycles. The van der Waals surface area contributed by atoms with E-state index in [2.05, 4.69) is 11.8 Å². The largest absolute Gasteiger partial charge is 0.481 e. The highest BCUT2D eigenvalue weighted by Gasteiger charge is 2.18. The van der Waals surface area contributed by atoms with E-state index < -0.39 is 22.4 Å². The molecule has 154 valence electrons. The van der Waals surface area contributed by atoms with Gasteiger partial charge in [-0.25, -0.2) is 13.2 Å². The Bertz CT molecular complexity index is 1060. The van der Waals surface area contributed by atoms with Crippen molar-refractivity contribution in [2.24, 2.45) is 5.92 Å². The molecule has 7 heteroatoms. The van der Waals surface area contributed by atoms with Crippen molar-refractivity contribution in [1.29, 1.82) is 0 Å². The van der Waals surface area contributed by atoms with E-state index in [0.717, 1.165) is 12.0 Å². The number of aryl methyl sites for hydroxylation is 1. The SMILES string of the molecule is CCC(C)CS(=O)(=O)c1ccc(C)c(C#Cc2cc(Cl)ccc2OCC(=O)O)c1. The minimum absolute atomic E-state index is 0.0660. The summed E-state index contributed by atoms with van der Waals surface area (Å²) in [4.78, 5) is 11.0. The zero-order valence-corrected chi connectivity index (χ0v) is 18.1. The molecule has 2 rings (SSSR count). The summed E-state index contributed by atoms with van der Waals surface area (Å²) in [5.74, 6) is 5.22. The first kappa shape index (κ1) is 22.8. The predicted octanol–water partition coefficient (Wildman–Crippen LogP) is 4.33. The summed E-state index contributed by atoms with van der Waals surface area (Å²) >= 11 is 6.02. The van der Waals surface area contributed by atoms with E-state index in [1.807, 2.05) is 20.8 Å². The Labute approximate surface area is 176 Å². The molecule has 0 aliphatic carbocycles. The lowest BCUT2D eigenvalue weighted by Crippen LogP contribution is -2.13. The molecule has 0 heterocycles. The van der Waals surface area contributed by atoms with E-state index in [1.54, 1.807) is 36.4 Å². The van der Waals surface area contributed by atoms with Crippen LogP contribution in [0.4, 0.5) is 0 Å². The molecule has 0 spiro atoms. The van der Waals surface area contributed by atoms with Crippen molar-refractivity contribution in [2.45, 2.75) is 32.1 Å². The smallest absolute Gasteiger partial charge is 0.341 e. The lowest BCUT2D eigenvalue weighted by molar-refractivity contribution is -0.139. The molecule has 1 atom stereocenters. The molecule has 1 unspecified atom stereocenters. The van der Waals surface area contributed by atoms with Crippen LogP contribution in [0.25, 0.3) is 0 Å². The molecule has 0 saturated carbocycles. The number of carboxylic acid groups (broad SMARTS) is 1. The van der Waals surface area contributed by atoms with Gasteiger partial charge < -0.3 is 9.84 Å². The zero-order chi connectivity index (χ0) is 21.6. The number of benzene rings is 2. The van der Waals surface area contributed by atoms with Crippen molar-refractivity contribution < 1.29 is 23.1 Å². The summed E-state index contributed by atoms with van der Waals surface area (Å²) in [6.45, 7) is 5.21. The highest BCUT2D eigenvalue weighted by molar-refractivity contribution is 7.91. The van der Waals surface area contributed by atoms with Crippen molar-refractivity contribution >= 4 is 27.4 Å². The van der Waals surface area contributed by atoms with E-state index in [4.69, 9.17) is 21.4 Å². The normalized spacial score (nSPS) is 12.0. The van der Waals surface area contributed by atoms with Crippen LogP contribution >= 0.6 is 11.6 Å². The van der Waals surface area contributed by atoms with E-state index in [-0.39, 0.29) is 16.6 Å². The highest BCUT2D eigenvalue weighted by atomic mass is 35.5. The number of hydrogen-bond donors (Lipinski definition) is 1. The topological polar surface area (TPSA) is 80.7 Å². The van der Waals surface area contributed by atoms with Crippen LogP contribution < -0.4 is 4.74 Å². The van der Waals surface area contributed by atoms with Gasteiger partial charge in [-0.15, -0.1) is 0 Å². The maximum absolute atomic E-state index is 12.6. The number of carboxylic acids is 1. The average Bonchev–Trinajstić information content (AvgIpc) is 2.65. The molecule has 2 aromatic rings. The van der Waals surface area contributed by atoms with Gasteiger partial charge >= 0.3 is 5.97 Å². The third kappa shape index (κ3) is 6.52. The van der Waals surface area contributed by atoms with E-state index >= 15 is 0 Å². The Morgan fingerprint density at radius 1 is 1.17 bits per heavy atom. The van der Waals surface area contributed by atoms with Crippen LogP contribution in [-0.4, -0.2) is 31.9 Å². The van der Waals surface area contributed by atoms with Crippen LogP contribution in [0.2, 0.25) is 5.02 Å². The molecule has 0 radical (unpaired) electrons. The zero-order valence-electron chi connectivity index (χ0n) is 16.5. The number of rotatable bonds is 7. The summed E-state index contributed by atoms with van der Waals surface area (Å²) < 4.78 is 30.5. The molecule has 2 aromatic carbocycles. The van der Waals surface area contributed by atoms with Crippen molar-refractivity contribution in [3.05, 3.63) is 58.1 Å². The number of ether oxygens (including phenoxy) is 1. The van der Waals surface area contributed by atoms with Crippen LogP contribution in [-0.2, 0) is 14.6 Å². The quantitative estimate of drug-likeness (QED) is 0.656. The molecule has 0 bridgehead atoms. The molecule has 5 nitrogen and oxygen atoms in total. The first-order chi connectivity index (χ1) is 13.6. The maximum Gasteiger partial charge on any atom is 0.341 e. The fraction of sp³-hybridized carbons (Fsp3) is 0.318. The van der Waals surface area contributed by atoms with Gasteiger partial charge in [0.15, 0.2) is 16.4 Å². The fourth-order valence-corrected chi connectivity index (χ4v) is 4.44. The van der Waals surface area contributed by atoms with Crippen LogP contribution in [0.1, 0.15) is 37.0 Å². The number of hydrogen-bond acceptors (Lipinski definition) is 4. The fourth-order valence-electron chi connectivity index (χ4n) is 2.52. The third-order valence-corrected chi connectivity index (χ3v) is 6.61. The van der Waals surface area contributed by atoms with E-state index in [9.17, 15) is 13.2 Å². The Morgan fingerprint density at radius 3 is 2.52 bits per heavy atom. The van der Waals surface area contributed by atoms with Crippen LogP contribution in [0.5, 0.6) is 5.75 Å². The molecule has 0 aliphatic rings. The van der Waals surface area contributed by atoms with Gasteiger partial charge in [-0.3, -0.25) is 0 Å². The van der Waals surface area contributed by atoms with Gasteiger partial charge in [0.25, 0.3) is 0 Å². The third-order valence-electron chi connectivity index (χ3n) is 4.39. The maximum atomic E-state index is 12.6. The second-order valence-corrected chi connectivity index (χ2v) is 9.32. The predicted molar refractivity (Wildman–Crippen MR) is 113 cm³/mol. The molecule has 0 amide bonds. The molecular weight excluding hydrogens is 412 g/mol. The van der Waals surface area contributed by atoms with Crippen LogP contribution in [0.15, 0.2) is 41.3 Å². The second-order valence-electron chi connectivity index (χ2n) is 6.84. The monoisotopic (exact) mass is 434 g/mol. The van der Waals surface area contributed by atoms with Gasteiger partial charge in [0.1, 0.15) is 5.75 Å². The molecule has 0 fully saturated rings. The Morgan fingerprint density at radius 2 is 1.86 bits per heavy atom. The van der Waals surface area contributed by atoms with Gasteiger partial charge in [-0.2, -0.15) is 0 Å². The number of carbonyl (C=O) groups is 1. The van der Waals surface area contributed by atoms with Crippen molar-refractivity contribution in [2.75, 3.05) is 12.4 Å². The summed E-state index contributed by atoms with van der Waals surface area (Å²) in [5, 5.41) is 9.24.